The number of halogens is 1. The Morgan fingerprint density at radius 1 is 1.21 bits per heavy atom. The normalized spacial score (nSPS) is 11.6. The van der Waals surface area contributed by atoms with E-state index in [1.807, 2.05) is 24.3 Å². The number of amides is 2. The number of ether oxygens (including phenoxy) is 1. The monoisotopic (exact) mass is 412 g/mol. The third-order valence-electron chi connectivity index (χ3n) is 4.23. The van der Waals surface area contributed by atoms with E-state index >= 15 is 0 Å². The van der Waals surface area contributed by atoms with Crippen LogP contribution in [0.25, 0.3) is 5.69 Å². The molecule has 0 bridgehead atoms. The molecule has 0 aliphatic carbocycles. The summed E-state index contributed by atoms with van der Waals surface area (Å²) in [6.07, 6.45) is 3.75. The number of hydrogen-bond acceptors (Lipinski definition) is 4. The molecule has 0 radical (unpaired) electrons. The lowest BCUT2D eigenvalue weighted by molar-refractivity contribution is -0.125. The molecular weight excluding hydrogens is 392 g/mol. The molecule has 1 unspecified atom stereocenters. The summed E-state index contributed by atoms with van der Waals surface area (Å²) in [5.41, 5.74) is 2.09. The third-order valence-corrected chi connectivity index (χ3v) is 4.54. The molecule has 1 aromatic heterocycles. The zero-order valence-corrected chi connectivity index (χ0v) is 16.8. The van der Waals surface area contributed by atoms with E-state index < -0.39 is 6.04 Å². The van der Waals surface area contributed by atoms with Gasteiger partial charge in [0.05, 0.1) is 17.8 Å². The van der Waals surface area contributed by atoms with Crippen LogP contribution in [0.15, 0.2) is 60.9 Å². The summed E-state index contributed by atoms with van der Waals surface area (Å²) in [7, 11) is 1.58. The second-order valence-electron chi connectivity index (χ2n) is 6.41. The molecular formula is C21H21ClN4O3. The molecule has 7 nitrogen and oxygen atoms in total. The first-order valence-corrected chi connectivity index (χ1v) is 9.34. The van der Waals surface area contributed by atoms with Crippen molar-refractivity contribution in [1.29, 1.82) is 0 Å². The van der Waals surface area contributed by atoms with Gasteiger partial charge >= 0.3 is 0 Å². The Labute approximate surface area is 173 Å². The standard InChI is InChI=1S/C21H21ClN4O3/c1-14(27)24-19(12-15-5-3-6-17(11-15)29-2)21(28)25-16-7-8-20(18(22)13-16)26-10-4-9-23-26/h3-11,13,19H,12H2,1-2H3,(H,24,27)(H,25,28). The molecule has 0 aliphatic heterocycles. The molecule has 1 atom stereocenters. The van der Waals surface area contributed by atoms with Crippen LogP contribution < -0.4 is 15.4 Å². The van der Waals surface area contributed by atoms with Gasteiger partial charge in [-0.25, -0.2) is 4.68 Å². The minimum Gasteiger partial charge on any atom is -0.497 e. The second kappa shape index (κ2) is 9.25. The Balaban J connectivity index is 1.75. The number of nitrogens with one attached hydrogen (secondary N) is 2. The Hall–Kier alpha value is -3.32. The zero-order valence-electron chi connectivity index (χ0n) is 16.1. The quantitative estimate of drug-likeness (QED) is 0.624. The van der Waals surface area contributed by atoms with Gasteiger partial charge < -0.3 is 15.4 Å². The molecule has 3 rings (SSSR count). The van der Waals surface area contributed by atoms with Gasteiger partial charge in [-0.2, -0.15) is 5.10 Å². The number of anilines is 1. The van der Waals surface area contributed by atoms with Crippen molar-refractivity contribution in [2.24, 2.45) is 0 Å². The maximum Gasteiger partial charge on any atom is 0.247 e. The minimum atomic E-state index is -0.746. The van der Waals surface area contributed by atoms with Crippen LogP contribution in [-0.4, -0.2) is 34.7 Å². The highest BCUT2D eigenvalue weighted by molar-refractivity contribution is 6.32. The predicted octanol–water partition coefficient (Wildman–Crippen LogP) is 3.22. The molecule has 150 valence electrons. The van der Waals surface area contributed by atoms with Gasteiger partial charge in [0.2, 0.25) is 11.8 Å². The largest absolute Gasteiger partial charge is 0.497 e. The average molecular weight is 413 g/mol. The molecule has 8 heteroatoms. The Morgan fingerprint density at radius 3 is 2.69 bits per heavy atom. The van der Waals surface area contributed by atoms with Crippen molar-refractivity contribution in [3.05, 3.63) is 71.5 Å². The summed E-state index contributed by atoms with van der Waals surface area (Å²) in [5.74, 6) is 0.0523. The Morgan fingerprint density at radius 2 is 2.03 bits per heavy atom. The summed E-state index contributed by atoms with van der Waals surface area (Å²) in [4.78, 5) is 24.4. The van der Waals surface area contributed by atoms with E-state index in [0.717, 1.165) is 5.56 Å². The first-order valence-electron chi connectivity index (χ1n) is 8.96. The number of methoxy groups -OCH3 is 1. The van der Waals surface area contributed by atoms with Gasteiger partial charge in [0.1, 0.15) is 11.8 Å². The van der Waals surface area contributed by atoms with Crippen molar-refractivity contribution in [3.63, 3.8) is 0 Å². The number of carbonyl (C=O) groups excluding carboxylic acids is 2. The molecule has 2 amide bonds. The van der Waals surface area contributed by atoms with E-state index in [0.29, 0.717) is 28.6 Å². The van der Waals surface area contributed by atoms with Crippen LogP contribution in [0.2, 0.25) is 5.02 Å². The molecule has 1 heterocycles. The topological polar surface area (TPSA) is 85.2 Å². The van der Waals surface area contributed by atoms with Crippen molar-refractivity contribution in [2.45, 2.75) is 19.4 Å². The minimum absolute atomic E-state index is 0.292. The van der Waals surface area contributed by atoms with E-state index in [4.69, 9.17) is 16.3 Å². The lowest BCUT2D eigenvalue weighted by atomic mass is 10.0. The maximum atomic E-state index is 12.8. The number of carbonyl (C=O) groups is 2. The fourth-order valence-electron chi connectivity index (χ4n) is 2.90. The summed E-state index contributed by atoms with van der Waals surface area (Å²) in [6, 6.07) is 13.6. The van der Waals surface area contributed by atoms with Crippen LogP contribution >= 0.6 is 11.6 Å². The molecule has 0 aliphatic rings. The van der Waals surface area contributed by atoms with Crippen LogP contribution in [0.5, 0.6) is 5.75 Å². The number of nitrogens with zero attached hydrogens (tertiary/aromatic N) is 2. The molecule has 0 fully saturated rings. The van der Waals surface area contributed by atoms with E-state index in [1.165, 1.54) is 6.92 Å². The molecule has 2 N–H and O–H groups in total. The van der Waals surface area contributed by atoms with Crippen LogP contribution in [0.4, 0.5) is 5.69 Å². The fourth-order valence-corrected chi connectivity index (χ4v) is 3.17. The molecule has 0 saturated carbocycles. The number of rotatable bonds is 7. The van der Waals surface area contributed by atoms with Crippen molar-refractivity contribution >= 4 is 29.1 Å². The number of aromatic nitrogens is 2. The fraction of sp³-hybridized carbons (Fsp3) is 0.190. The van der Waals surface area contributed by atoms with Crippen LogP contribution in [0.3, 0.4) is 0 Å². The third kappa shape index (κ3) is 5.36. The van der Waals surface area contributed by atoms with Gasteiger partial charge in [0.25, 0.3) is 0 Å². The first kappa shape index (κ1) is 20.4. The van der Waals surface area contributed by atoms with Crippen molar-refractivity contribution in [2.75, 3.05) is 12.4 Å². The highest BCUT2D eigenvalue weighted by atomic mass is 35.5. The van der Waals surface area contributed by atoms with E-state index in [2.05, 4.69) is 15.7 Å². The van der Waals surface area contributed by atoms with Crippen molar-refractivity contribution in [1.82, 2.24) is 15.1 Å². The molecule has 29 heavy (non-hydrogen) atoms. The highest BCUT2D eigenvalue weighted by Crippen LogP contribution is 2.24. The number of benzene rings is 2. The molecule has 2 aromatic carbocycles. The lowest BCUT2D eigenvalue weighted by Gasteiger charge is -2.18. The summed E-state index contributed by atoms with van der Waals surface area (Å²) in [6.45, 7) is 1.38. The Bertz CT molecular complexity index is 1000. The summed E-state index contributed by atoms with van der Waals surface area (Å²) in [5, 5.41) is 10.1. The number of hydrogen-bond donors (Lipinski definition) is 2. The molecule has 0 saturated heterocycles. The van der Waals surface area contributed by atoms with E-state index in [1.54, 1.807) is 48.5 Å². The maximum absolute atomic E-state index is 12.8. The van der Waals surface area contributed by atoms with Gasteiger partial charge in [0, 0.05) is 31.4 Å². The summed E-state index contributed by atoms with van der Waals surface area (Å²) < 4.78 is 6.85. The van der Waals surface area contributed by atoms with E-state index in [-0.39, 0.29) is 11.8 Å². The highest BCUT2D eigenvalue weighted by Gasteiger charge is 2.21. The van der Waals surface area contributed by atoms with Crippen LogP contribution in [0.1, 0.15) is 12.5 Å². The zero-order chi connectivity index (χ0) is 20.8. The summed E-state index contributed by atoms with van der Waals surface area (Å²) >= 11 is 6.34. The van der Waals surface area contributed by atoms with Gasteiger partial charge in [-0.05, 0) is 42.0 Å². The van der Waals surface area contributed by atoms with Crippen LogP contribution in [-0.2, 0) is 16.0 Å². The smallest absolute Gasteiger partial charge is 0.247 e. The van der Waals surface area contributed by atoms with Gasteiger partial charge in [0.15, 0.2) is 0 Å². The average Bonchev–Trinajstić information content (AvgIpc) is 3.22. The van der Waals surface area contributed by atoms with Gasteiger partial charge in [-0.1, -0.05) is 23.7 Å². The first-order chi connectivity index (χ1) is 14.0. The predicted molar refractivity (Wildman–Crippen MR) is 112 cm³/mol. The van der Waals surface area contributed by atoms with Crippen molar-refractivity contribution < 1.29 is 14.3 Å². The second-order valence-corrected chi connectivity index (χ2v) is 6.82. The van der Waals surface area contributed by atoms with Crippen LogP contribution in [0, 0.1) is 0 Å². The Kier molecular flexibility index (Phi) is 6.51. The van der Waals surface area contributed by atoms with Gasteiger partial charge in [-0.15, -0.1) is 0 Å². The lowest BCUT2D eigenvalue weighted by Crippen LogP contribution is -2.44. The van der Waals surface area contributed by atoms with Gasteiger partial charge in [-0.3, -0.25) is 9.59 Å². The molecule has 3 aromatic rings. The molecule has 0 spiro atoms. The van der Waals surface area contributed by atoms with E-state index in [9.17, 15) is 9.59 Å². The SMILES string of the molecule is COc1cccc(CC(NC(C)=O)C(=O)Nc2ccc(-n3cccn3)c(Cl)c2)c1. The van der Waals surface area contributed by atoms with Crippen molar-refractivity contribution in [3.8, 4) is 11.4 Å².